The van der Waals surface area contributed by atoms with Crippen molar-refractivity contribution in [2.45, 2.75) is 32.7 Å². The van der Waals surface area contributed by atoms with Gasteiger partial charge in [-0.1, -0.05) is 26.8 Å². The van der Waals surface area contributed by atoms with Crippen molar-refractivity contribution in [3.05, 3.63) is 28.8 Å². The number of benzene rings is 1. The number of hydrogen-bond acceptors (Lipinski definition) is 4. The molecule has 6 heteroatoms. The van der Waals surface area contributed by atoms with Crippen LogP contribution in [-0.2, 0) is 16.8 Å². The molecule has 0 atom stereocenters. The molecule has 0 unspecified atom stereocenters. The van der Waals surface area contributed by atoms with Crippen LogP contribution >= 0.6 is 11.3 Å². The number of nitrogens with one attached hydrogen (secondary N) is 1. The average molecular weight is 307 g/mol. The van der Waals surface area contributed by atoms with Crippen LogP contribution in [-0.4, -0.2) is 30.2 Å². The molecule has 0 bridgehead atoms. The van der Waals surface area contributed by atoms with Crippen LogP contribution in [0.1, 0.15) is 31.3 Å². The van der Waals surface area contributed by atoms with Gasteiger partial charge in [-0.15, -0.1) is 11.3 Å². The van der Waals surface area contributed by atoms with E-state index in [0.717, 1.165) is 25.9 Å². The Morgan fingerprint density at radius 3 is 2.76 bits per heavy atom. The van der Waals surface area contributed by atoms with Crippen molar-refractivity contribution in [2.24, 2.45) is 0 Å². The normalized spacial score (nSPS) is 11.7. The summed E-state index contributed by atoms with van der Waals surface area (Å²) in [5.41, 5.74) is 2.11. The first-order valence-electron chi connectivity index (χ1n) is 6.77. The predicted molar refractivity (Wildman–Crippen MR) is 85.3 cm³/mol. The molecule has 0 spiro atoms. The minimum Gasteiger partial charge on any atom is -0.332 e. The number of hydroxylamine groups is 2. The minimum atomic E-state index is -0.266. The lowest BCUT2D eigenvalue weighted by atomic mass is 9.98. The number of thiazole rings is 1. The number of carbonyl (C=O) groups is 1. The monoisotopic (exact) mass is 307 g/mol. The summed E-state index contributed by atoms with van der Waals surface area (Å²) in [7, 11) is 3.02. The molecule has 1 aromatic carbocycles. The van der Waals surface area contributed by atoms with Crippen molar-refractivity contribution < 1.29 is 9.63 Å². The summed E-state index contributed by atoms with van der Waals surface area (Å²) < 4.78 is 1.15. The van der Waals surface area contributed by atoms with Gasteiger partial charge in [-0.2, -0.15) is 0 Å². The molecule has 0 saturated heterocycles. The largest absolute Gasteiger partial charge is 0.341 e. The van der Waals surface area contributed by atoms with E-state index in [-0.39, 0.29) is 11.4 Å². The maximum Gasteiger partial charge on any atom is 0.341 e. The molecule has 21 heavy (non-hydrogen) atoms. The van der Waals surface area contributed by atoms with E-state index in [1.807, 2.05) is 12.1 Å². The summed E-state index contributed by atoms with van der Waals surface area (Å²) >= 11 is 1.70. The number of rotatable bonds is 3. The van der Waals surface area contributed by atoms with E-state index in [4.69, 9.17) is 4.84 Å². The first-order chi connectivity index (χ1) is 9.81. The molecule has 2 aromatic rings. The Labute approximate surface area is 128 Å². The Balaban J connectivity index is 2.14. The molecular formula is C15H21N3O2S. The van der Waals surface area contributed by atoms with E-state index < -0.39 is 0 Å². The zero-order valence-electron chi connectivity index (χ0n) is 13.1. The number of fused-ring (bicyclic) bond motifs is 1. The number of hydrogen-bond donors (Lipinski definition) is 1. The lowest BCUT2D eigenvalue weighted by Crippen LogP contribution is -2.35. The molecule has 114 valence electrons. The summed E-state index contributed by atoms with van der Waals surface area (Å²) in [6.07, 6.45) is 0. The Bertz CT molecular complexity index is 646. The summed E-state index contributed by atoms with van der Waals surface area (Å²) in [5, 5.41) is 5.08. The van der Waals surface area contributed by atoms with Crippen molar-refractivity contribution >= 4 is 27.6 Å². The van der Waals surface area contributed by atoms with Gasteiger partial charge in [0.1, 0.15) is 0 Å². The molecule has 1 heterocycles. The van der Waals surface area contributed by atoms with Crippen LogP contribution in [0.3, 0.4) is 0 Å². The van der Waals surface area contributed by atoms with Gasteiger partial charge in [-0.3, -0.25) is 4.84 Å². The van der Waals surface area contributed by atoms with Gasteiger partial charge in [0.15, 0.2) is 0 Å². The lowest BCUT2D eigenvalue weighted by molar-refractivity contribution is -0.0648. The first kappa shape index (κ1) is 15.7. The molecule has 2 rings (SSSR count). The van der Waals surface area contributed by atoms with Crippen LogP contribution in [0, 0.1) is 0 Å². The van der Waals surface area contributed by atoms with E-state index in [9.17, 15) is 4.79 Å². The van der Waals surface area contributed by atoms with Crippen LogP contribution in [0.15, 0.2) is 18.2 Å². The fraction of sp³-hybridized carbons (Fsp3) is 0.467. The predicted octanol–water partition coefficient (Wildman–Crippen LogP) is 3.30. The van der Waals surface area contributed by atoms with E-state index in [1.165, 1.54) is 7.11 Å². The van der Waals surface area contributed by atoms with Crippen LogP contribution in [0.2, 0.25) is 0 Å². The maximum absolute atomic E-state index is 11.6. The standard InChI is InChI=1S/C15H21N3O2S/c1-15(2,3)13-17-11-7-6-10(8-12(11)21-13)9-16-14(19)18(4)20-5/h6-8H,9H2,1-5H3,(H,16,19). The Kier molecular flexibility index (Phi) is 4.49. The van der Waals surface area contributed by atoms with Gasteiger partial charge in [-0.25, -0.2) is 14.8 Å². The molecule has 0 aliphatic carbocycles. The lowest BCUT2D eigenvalue weighted by Gasteiger charge is -2.14. The maximum atomic E-state index is 11.6. The zero-order valence-corrected chi connectivity index (χ0v) is 13.9. The van der Waals surface area contributed by atoms with Crippen molar-refractivity contribution in [2.75, 3.05) is 14.2 Å². The highest BCUT2D eigenvalue weighted by molar-refractivity contribution is 7.18. The van der Waals surface area contributed by atoms with Gasteiger partial charge >= 0.3 is 6.03 Å². The Hall–Kier alpha value is -1.66. The van der Waals surface area contributed by atoms with Crippen LogP contribution < -0.4 is 5.32 Å². The Morgan fingerprint density at radius 1 is 1.43 bits per heavy atom. The molecule has 5 nitrogen and oxygen atoms in total. The third-order valence-corrected chi connectivity index (χ3v) is 4.54. The quantitative estimate of drug-likeness (QED) is 0.885. The molecule has 2 amide bonds. The number of carbonyl (C=O) groups excluding carboxylic acids is 1. The van der Waals surface area contributed by atoms with Gasteiger partial charge in [0.05, 0.1) is 22.3 Å². The second-order valence-electron chi connectivity index (χ2n) is 5.91. The van der Waals surface area contributed by atoms with Crippen molar-refractivity contribution in [1.29, 1.82) is 0 Å². The van der Waals surface area contributed by atoms with E-state index in [0.29, 0.717) is 6.54 Å². The molecule has 1 aromatic heterocycles. The smallest absolute Gasteiger partial charge is 0.332 e. The van der Waals surface area contributed by atoms with Crippen LogP contribution in [0.4, 0.5) is 4.79 Å². The van der Waals surface area contributed by atoms with E-state index >= 15 is 0 Å². The minimum absolute atomic E-state index is 0.0548. The van der Waals surface area contributed by atoms with Crippen molar-refractivity contribution in [3.63, 3.8) is 0 Å². The molecule has 0 radical (unpaired) electrons. The third-order valence-electron chi connectivity index (χ3n) is 3.10. The number of amides is 2. The molecular weight excluding hydrogens is 286 g/mol. The Morgan fingerprint density at radius 2 is 2.14 bits per heavy atom. The summed E-state index contributed by atoms with van der Waals surface area (Å²) in [6, 6.07) is 5.80. The fourth-order valence-corrected chi connectivity index (χ4v) is 2.86. The van der Waals surface area contributed by atoms with E-state index in [2.05, 4.69) is 37.1 Å². The summed E-state index contributed by atoms with van der Waals surface area (Å²) in [5.74, 6) is 0. The summed E-state index contributed by atoms with van der Waals surface area (Å²) in [4.78, 5) is 21.1. The molecule has 0 aliphatic rings. The van der Waals surface area contributed by atoms with Crippen molar-refractivity contribution in [3.8, 4) is 0 Å². The highest BCUT2D eigenvalue weighted by atomic mass is 32.1. The number of urea groups is 1. The average Bonchev–Trinajstić information content (AvgIpc) is 2.87. The SMILES string of the molecule is CON(C)C(=O)NCc1ccc2nc(C(C)(C)C)sc2c1. The van der Waals surface area contributed by atoms with Crippen LogP contribution in [0.5, 0.6) is 0 Å². The second-order valence-corrected chi connectivity index (χ2v) is 6.94. The second kappa shape index (κ2) is 5.99. The molecule has 0 fully saturated rings. The van der Waals surface area contributed by atoms with Gasteiger partial charge in [-0.05, 0) is 17.7 Å². The van der Waals surface area contributed by atoms with Gasteiger partial charge in [0.25, 0.3) is 0 Å². The first-order valence-corrected chi connectivity index (χ1v) is 7.58. The highest BCUT2D eigenvalue weighted by Crippen LogP contribution is 2.31. The fourth-order valence-electron chi connectivity index (χ4n) is 1.77. The molecule has 1 N–H and O–H groups in total. The number of aromatic nitrogens is 1. The van der Waals surface area contributed by atoms with Crippen molar-refractivity contribution in [1.82, 2.24) is 15.4 Å². The number of nitrogens with zero attached hydrogens (tertiary/aromatic N) is 2. The summed E-state index contributed by atoms with van der Waals surface area (Å²) in [6.45, 7) is 6.94. The van der Waals surface area contributed by atoms with Gasteiger partial charge in [0, 0.05) is 19.0 Å². The third kappa shape index (κ3) is 3.71. The molecule has 0 saturated carbocycles. The van der Waals surface area contributed by atoms with Gasteiger partial charge in [0.2, 0.25) is 0 Å². The van der Waals surface area contributed by atoms with E-state index in [1.54, 1.807) is 18.4 Å². The van der Waals surface area contributed by atoms with Crippen LogP contribution in [0.25, 0.3) is 10.2 Å². The van der Waals surface area contributed by atoms with Gasteiger partial charge < -0.3 is 5.32 Å². The molecule has 0 aliphatic heterocycles. The zero-order chi connectivity index (χ0) is 15.6. The topological polar surface area (TPSA) is 54.5 Å². The highest BCUT2D eigenvalue weighted by Gasteiger charge is 2.18.